The van der Waals surface area contributed by atoms with Crippen LogP contribution in [0.15, 0.2) is 43.7 Å². The highest BCUT2D eigenvalue weighted by atomic mass is 32.2. The van der Waals surface area contributed by atoms with E-state index in [2.05, 4.69) is 20.0 Å². The summed E-state index contributed by atoms with van der Waals surface area (Å²) in [5.41, 5.74) is 1.58. The van der Waals surface area contributed by atoms with Gasteiger partial charge in [0, 0.05) is 11.4 Å². The van der Waals surface area contributed by atoms with E-state index in [1.165, 1.54) is 16.0 Å². The van der Waals surface area contributed by atoms with Crippen molar-refractivity contribution in [3.05, 3.63) is 47.0 Å². The summed E-state index contributed by atoms with van der Waals surface area (Å²) in [7, 11) is -3.89. The lowest BCUT2D eigenvalue weighted by atomic mass is 10.4. The summed E-state index contributed by atoms with van der Waals surface area (Å²) in [4.78, 5) is 4.50. The van der Waals surface area contributed by atoms with Gasteiger partial charge in [-0.15, -0.1) is 11.3 Å². The molecule has 9 nitrogen and oxygen atoms in total. The average molecular weight is 405 g/mol. The van der Waals surface area contributed by atoms with Gasteiger partial charge in [0.25, 0.3) is 10.0 Å². The molecule has 0 fully saturated rings. The van der Waals surface area contributed by atoms with Crippen molar-refractivity contribution in [2.24, 2.45) is 0 Å². The average Bonchev–Trinajstić information content (AvgIpc) is 3.34. The van der Waals surface area contributed by atoms with Gasteiger partial charge in [0.1, 0.15) is 17.2 Å². The minimum atomic E-state index is -3.89. The van der Waals surface area contributed by atoms with E-state index in [9.17, 15) is 8.42 Å². The Balaban J connectivity index is 1.72. The zero-order valence-electron chi connectivity index (χ0n) is 14.6. The highest BCUT2D eigenvalue weighted by Gasteiger charge is 2.26. The summed E-state index contributed by atoms with van der Waals surface area (Å²) in [6, 6.07) is 5.20. The fourth-order valence-corrected chi connectivity index (χ4v) is 4.80. The Morgan fingerprint density at radius 1 is 1.26 bits per heavy atom. The van der Waals surface area contributed by atoms with Crippen LogP contribution in [0.1, 0.15) is 17.1 Å². The highest BCUT2D eigenvalue weighted by Crippen LogP contribution is 2.28. The summed E-state index contributed by atoms with van der Waals surface area (Å²) < 4.78 is 39.9. The lowest BCUT2D eigenvalue weighted by Crippen LogP contribution is -2.17. The number of hydrogen-bond acceptors (Lipinski definition) is 8. The Kier molecular flexibility index (Phi) is 4.12. The monoisotopic (exact) mass is 405 g/mol. The maximum atomic E-state index is 12.8. The minimum Gasteiger partial charge on any atom is -0.463 e. The van der Waals surface area contributed by atoms with Crippen molar-refractivity contribution in [2.75, 3.05) is 4.72 Å². The second kappa shape index (κ2) is 6.35. The number of aromatic nitrogens is 4. The number of nitrogens with one attached hydrogen (secondary N) is 1. The number of nitrogens with zero attached hydrogens (tertiary/aromatic N) is 4. The first-order valence-electron chi connectivity index (χ1n) is 7.87. The Labute approximate surface area is 158 Å². The second-order valence-corrected chi connectivity index (χ2v) is 8.29. The zero-order chi connectivity index (χ0) is 19.2. The smallest absolute Gasteiger partial charge is 0.268 e. The number of rotatable bonds is 5. The standard InChI is InChI=1S/C16H15N5O4S2/c1-9-7-14(20-27(22,23)15-10(2)19-25-11(15)3)21(18-9)16-17-12(8-26-16)13-5-4-6-24-13/h4-8,20H,1-3H3. The lowest BCUT2D eigenvalue weighted by molar-refractivity contribution is 0.390. The van der Waals surface area contributed by atoms with Gasteiger partial charge in [-0.3, -0.25) is 4.72 Å². The molecule has 0 saturated heterocycles. The van der Waals surface area contributed by atoms with Gasteiger partial charge in [-0.2, -0.15) is 9.78 Å². The van der Waals surface area contributed by atoms with E-state index in [4.69, 9.17) is 8.94 Å². The van der Waals surface area contributed by atoms with Crippen molar-refractivity contribution in [3.63, 3.8) is 0 Å². The molecule has 0 saturated carbocycles. The summed E-state index contributed by atoms with van der Waals surface area (Å²) in [6.45, 7) is 4.89. The van der Waals surface area contributed by atoms with Gasteiger partial charge in [0.05, 0.1) is 12.0 Å². The van der Waals surface area contributed by atoms with E-state index in [1.807, 2.05) is 5.38 Å². The molecule has 0 aliphatic heterocycles. The topological polar surface area (TPSA) is 116 Å². The van der Waals surface area contributed by atoms with E-state index in [-0.39, 0.29) is 22.2 Å². The van der Waals surface area contributed by atoms with Crippen LogP contribution in [0, 0.1) is 20.8 Å². The molecular formula is C16H15N5O4S2. The first-order chi connectivity index (χ1) is 12.8. The Hall–Kier alpha value is -2.92. The minimum absolute atomic E-state index is 0.0170. The number of anilines is 1. The van der Waals surface area contributed by atoms with E-state index in [0.717, 1.165) is 0 Å². The predicted molar refractivity (Wildman–Crippen MR) is 98.5 cm³/mol. The number of furan rings is 1. The van der Waals surface area contributed by atoms with Crippen molar-refractivity contribution in [1.29, 1.82) is 0 Å². The van der Waals surface area contributed by atoms with Crippen LogP contribution in [-0.2, 0) is 10.0 Å². The number of hydrogen-bond donors (Lipinski definition) is 1. The van der Waals surface area contributed by atoms with Gasteiger partial charge in [-0.25, -0.2) is 13.4 Å². The molecule has 0 unspecified atom stereocenters. The third kappa shape index (κ3) is 3.15. The maximum absolute atomic E-state index is 12.8. The summed E-state index contributed by atoms with van der Waals surface area (Å²) in [5, 5.41) is 10.4. The van der Waals surface area contributed by atoms with Crippen LogP contribution in [0.4, 0.5) is 5.82 Å². The molecule has 0 atom stereocenters. The third-order valence-electron chi connectivity index (χ3n) is 3.75. The predicted octanol–water partition coefficient (Wildman–Crippen LogP) is 3.30. The van der Waals surface area contributed by atoms with Crippen molar-refractivity contribution in [2.45, 2.75) is 25.7 Å². The molecule has 140 valence electrons. The number of aryl methyl sites for hydroxylation is 3. The molecule has 1 N–H and O–H groups in total. The highest BCUT2D eigenvalue weighted by molar-refractivity contribution is 7.92. The molecule has 0 radical (unpaired) electrons. The molecule has 0 bridgehead atoms. The van der Waals surface area contributed by atoms with Gasteiger partial charge >= 0.3 is 0 Å². The Morgan fingerprint density at radius 2 is 2.07 bits per heavy atom. The molecule has 0 spiro atoms. The van der Waals surface area contributed by atoms with Crippen molar-refractivity contribution in [1.82, 2.24) is 19.9 Å². The quantitative estimate of drug-likeness (QED) is 0.541. The molecule has 11 heteroatoms. The summed E-state index contributed by atoms with van der Waals surface area (Å²) in [5.74, 6) is 1.12. The molecule has 4 aromatic rings. The molecular weight excluding hydrogens is 390 g/mol. The van der Waals surface area contributed by atoms with Crippen LogP contribution in [0.3, 0.4) is 0 Å². The SMILES string of the molecule is Cc1cc(NS(=O)(=O)c2c(C)noc2C)n(-c2nc(-c3ccco3)cs2)n1. The van der Waals surface area contributed by atoms with Crippen molar-refractivity contribution in [3.8, 4) is 16.6 Å². The number of sulfonamides is 1. The molecule has 27 heavy (non-hydrogen) atoms. The van der Waals surface area contributed by atoms with Crippen LogP contribution < -0.4 is 4.72 Å². The molecule has 0 aliphatic rings. The van der Waals surface area contributed by atoms with Gasteiger partial charge in [0.15, 0.2) is 16.4 Å². The number of thiazole rings is 1. The molecule has 4 heterocycles. The lowest BCUT2D eigenvalue weighted by Gasteiger charge is -2.08. The molecule has 0 aromatic carbocycles. The van der Waals surface area contributed by atoms with Crippen LogP contribution in [0.2, 0.25) is 0 Å². The fourth-order valence-electron chi connectivity index (χ4n) is 2.66. The van der Waals surface area contributed by atoms with Crippen LogP contribution in [0.25, 0.3) is 16.6 Å². The fraction of sp³-hybridized carbons (Fsp3) is 0.188. The molecule has 0 amide bonds. The van der Waals surface area contributed by atoms with Crippen LogP contribution >= 0.6 is 11.3 Å². The zero-order valence-corrected chi connectivity index (χ0v) is 16.3. The van der Waals surface area contributed by atoms with Gasteiger partial charge in [0.2, 0.25) is 5.13 Å². The Bertz CT molecular complexity index is 1180. The van der Waals surface area contributed by atoms with Crippen LogP contribution in [0.5, 0.6) is 0 Å². The molecule has 4 aromatic heterocycles. The molecule has 4 rings (SSSR count). The Morgan fingerprint density at radius 3 is 2.74 bits per heavy atom. The molecule has 0 aliphatic carbocycles. The summed E-state index contributed by atoms with van der Waals surface area (Å²) in [6.07, 6.45) is 1.57. The van der Waals surface area contributed by atoms with Crippen LogP contribution in [-0.4, -0.2) is 28.3 Å². The normalized spacial score (nSPS) is 11.8. The maximum Gasteiger partial charge on any atom is 0.268 e. The van der Waals surface area contributed by atoms with Crippen molar-refractivity contribution < 1.29 is 17.4 Å². The van der Waals surface area contributed by atoms with Crippen molar-refractivity contribution >= 4 is 27.2 Å². The second-order valence-electron chi connectivity index (χ2n) is 5.83. The van der Waals surface area contributed by atoms with Gasteiger partial charge < -0.3 is 8.94 Å². The van der Waals surface area contributed by atoms with E-state index >= 15 is 0 Å². The van der Waals surface area contributed by atoms with E-state index in [1.54, 1.807) is 45.2 Å². The first kappa shape index (κ1) is 17.5. The summed E-state index contributed by atoms with van der Waals surface area (Å²) >= 11 is 1.32. The third-order valence-corrected chi connectivity index (χ3v) is 6.17. The largest absolute Gasteiger partial charge is 0.463 e. The van der Waals surface area contributed by atoms with Gasteiger partial charge in [-0.05, 0) is 32.9 Å². The van der Waals surface area contributed by atoms with Gasteiger partial charge in [-0.1, -0.05) is 5.16 Å². The first-order valence-corrected chi connectivity index (χ1v) is 10.2. The van der Waals surface area contributed by atoms with E-state index in [0.29, 0.717) is 22.3 Å². The van der Waals surface area contributed by atoms with E-state index < -0.39 is 10.0 Å².